The quantitative estimate of drug-likeness (QED) is 0.622. The van der Waals surface area contributed by atoms with Gasteiger partial charge in [0.05, 0.1) is 6.54 Å². The minimum atomic E-state index is 0.300. The standard InChI is InChI=1S/C10H13N3O/c1-7-2-3-8(6-9(7)14)13-10-11-4-5-12-10/h2-3,6,14H,4-5H2,1H3,(H2,11,12,13). The highest BCUT2D eigenvalue weighted by molar-refractivity contribution is 5.94. The van der Waals surface area contributed by atoms with Gasteiger partial charge in [0.2, 0.25) is 0 Å². The summed E-state index contributed by atoms with van der Waals surface area (Å²) in [4.78, 5) is 4.20. The lowest BCUT2D eigenvalue weighted by molar-refractivity contribution is 0.471. The number of nitrogens with zero attached hydrogens (tertiary/aromatic N) is 1. The highest BCUT2D eigenvalue weighted by Crippen LogP contribution is 2.20. The average Bonchev–Trinajstić information content (AvgIpc) is 2.64. The van der Waals surface area contributed by atoms with E-state index in [2.05, 4.69) is 15.6 Å². The van der Waals surface area contributed by atoms with Crippen LogP contribution in [0.3, 0.4) is 0 Å². The molecule has 2 rings (SSSR count). The van der Waals surface area contributed by atoms with E-state index < -0.39 is 0 Å². The van der Waals surface area contributed by atoms with Gasteiger partial charge in [-0.3, -0.25) is 4.99 Å². The fraction of sp³-hybridized carbons (Fsp3) is 0.300. The molecule has 3 N–H and O–H groups in total. The van der Waals surface area contributed by atoms with Crippen molar-refractivity contribution in [3.63, 3.8) is 0 Å². The summed E-state index contributed by atoms with van der Waals surface area (Å²) in [6.07, 6.45) is 0. The Balaban J connectivity index is 2.13. The van der Waals surface area contributed by atoms with Crippen LogP contribution in [0.5, 0.6) is 5.75 Å². The maximum atomic E-state index is 9.47. The fourth-order valence-electron chi connectivity index (χ4n) is 1.31. The van der Waals surface area contributed by atoms with Crippen LogP contribution in [-0.2, 0) is 0 Å². The molecule has 1 heterocycles. The molecule has 1 aliphatic rings. The predicted molar refractivity (Wildman–Crippen MR) is 56.8 cm³/mol. The van der Waals surface area contributed by atoms with Crippen LogP contribution in [0, 0.1) is 6.92 Å². The summed E-state index contributed by atoms with van der Waals surface area (Å²) in [7, 11) is 0. The number of phenolic OH excluding ortho intramolecular Hbond substituents is 1. The molecule has 0 saturated carbocycles. The molecule has 0 bridgehead atoms. The molecule has 1 aromatic carbocycles. The van der Waals surface area contributed by atoms with Crippen molar-refractivity contribution in [3.8, 4) is 5.75 Å². The SMILES string of the molecule is Cc1ccc(NC2=NCCN2)cc1O. The number of anilines is 1. The van der Waals surface area contributed by atoms with Crippen LogP contribution in [0.2, 0.25) is 0 Å². The third-order valence-electron chi connectivity index (χ3n) is 2.15. The second-order valence-electron chi connectivity index (χ2n) is 3.28. The highest BCUT2D eigenvalue weighted by Gasteiger charge is 2.05. The van der Waals surface area contributed by atoms with Crippen LogP contribution >= 0.6 is 0 Å². The van der Waals surface area contributed by atoms with Crippen molar-refractivity contribution >= 4 is 11.6 Å². The summed E-state index contributed by atoms with van der Waals surface area (Å²) in [5.41, 5.74) is 1.72. The topological polar surface area (TPSA) is 56.7 Å². The summed E-state index contributed by atoms with van der Waals surface area (Å²) in [5, 5.41) is 15.7. The first-order valence-corrected chi connectivity index (χ1v) is 4.61. The summed E-state index contributed by atoms with van der Waals surface area (Å²) in [6, 6.07) is 5.47. The lowest BCUT2D eigenvalue weighted by atomic mass is 10.2. The Morgan fingerprint density at radius 3 is 3.00 bits per heavy atom. The minimum absolute atomic E-state index is 0.300. The van der Waals surface area contributed by atoms with Gasteiger partial charge in [-0.15, -0.1) is 0 Å². The Bertz CT molecular complexity index is 374. The lowest BCUT2D eigenvalue weighted by Gasteiger charge is -2.07. The zero-order valence-electron chi connectivity index (χ0n) is 8.04. The second kappa shape index (κ2) is 3.57. The molecule has 74 valence electrons. The van der Waals surface area contributed by atoms with Crippen LogP contribution < -0.4 is 10.6 Å². The fourth-order valence-corrected chi connectivity index (χ4v) is 1.31. The van der Waals surface area contributed by atoms with Gasteiger partial charge in [-0.1, -0.05) is 6.07 Å². The summed E-state index contributed by atoms with van der Waals surface area (Å²) >= 11 is 0. The van der Waals surface area contributed by atoms with Gasteiger partial charge in [-0.2, -0.15) is 0 Å². The summed E-state index contributed by atoms with van der Waals surface area (Å²) < 4.78 is 0. The number of guanidine groups is 1. The van der Waals surface area contributed by atoms with E-state index in [4.69, 9.17) is 0 Å². The molecule has 0 saturated heterocycles. The Labute approximate surface area is 82.7 Å². The third-order valence-corrected chi connectivity index (χ3v) is 2.15. The molecule has 0 atom stereocenters. The van der Waals surface area contributed by atoms with Crippen molar-refractivity contribution in [2.75, 3.05) is 18.4 Å². The van der Waals surface area contributed by atoms with E-state index in [-0.39, 0.29) is 0 Å². The maximum absolute atomic E-state index is 9.47. The Morgan fingerprint density at radius 2 is 2.36 bits per heavy atom. The van der Waals surface area contributed by atoms with Gasteiger partial charge < -0.3 is 15.7 Å². The average molecular weight is 191 g/mol. The van der Waals surface area contributed by atoms with Gasteiger partial charge in [-0.25, -0.2) is 0 Å². The molecule has 4 heteroatoms. The molecule has 0 aromatic heterocycles. The lowest BCUT2D eigenvalue weighted by Crippen LogP contribution is -2.26. The van der Waals surface area contributed by atoms with Crippen LogP contribution in [-0.4, -0.2) is 24.2 Å². The van der Waals surface area contributed by atoms with E-state index in [1.807, 2.05) is 19.1 Å². The van der Waals surface area contributed by atoms with Crippen LogP contribution in [0.25, 0.3) is 0 Å². The zero-order valence-corrected chi connectivity index (χ0v) is 8.04. The molecular formula is C10H13N3O. The summed E-state index contributed by atoms with van der Waals surface area (Å²) in [5.74, 6) is 1.07. The van der Waals surface area contributed by atoms with E-state index >= 15 is 0 Å². The first-order chi connectivity index (χ1) is 6.75. The van der Waals surface area contributed by atoms with E-state index in [0.717, 1.165) is 30.3 Å². The molecule has 14 heavy (non-hydrogen) atoms. The largest absolute Gasteiger partial charge is 0.508 e. The van der Waals surface area contributed by atoms with Crippen LogP contribution in [0.1, 0.15) is 5.56 Å². The normalized spacial score (nSPS) is 14.8. The monoisotopic (exact) mass is 191 g/mol. The number of hydrogen-bond donors (Lipinski definition) is 3. The van der Waals surface area contributed by atoms with E-state index in [1.165, 1.54) is 0 Å². The van der Waals surface area contributed by atoms with E-state index in [0.29, 0.717) is 5.75 Å². The van der Waals surface area contributed by atoms with Gasteiger partial charge in [-0.05, 0) is 18.6 Å². The van der Waals surface area contributed by atoms with Crippen molar-refractivity contribution in [2.24, 2.45) is 4.99 Å². The number of aliphatic imine (C=N–C) groups is 1. The number of aryl methyl sites for hydroxylation is 1. The second-order valence-corrected chi connectivity index (χ2v) is 3.28. The molecule has 0 fully saturated rings. The zero-order chi connectivity index (χ0) is 9.97. The van der Waals surface area contributed by atoms with Crippen molar-refractivity contribution < 1.29 is 5.11 Å². The van der Waals surface area contributed by atoms with Crippen molar-refractivity contribution in [1.82, 2.24) is 5.32 Å². The first kappa shape index (κ1) is 8.87. The van der Waals surface area contributed by atoms with Gasteiger partial charge in [0.25, 0.3) is 0 Å². The Kier molecular flexibility index (Phi) is 2.26. The van der Waals surface area contributed by atoms with Crippen LogP contribution in [0.4, 0.5) is 5.69 Å². The molecule has 1 aliphatic heterocycles. The van der Waals surface area contributed by atoms with E-state index in [9.17, 15) is 5.11 Å². The predicted octanol–water partition coefficient (Wildman–Crippen LogP) is 1.07. The maximum Gasteiger partial charge on any atom is 0.195 e. The van der Waals surface area contributed by atoms with Gasteiger partial charge >= 0.3 is 0 Å². The Hall–Kier alpha value is -1.71. The van der Waals surface area contributed by atoms with E-state index in [1.54, 1.807) is 6.07 Å². The van der Waals surface area contributed by atoms with Gasteiger partial charge in [0, 0.05) is 18.3 Å². The summed E-state index contributed by atoms with van der Waals surface area (Å²) in [6.45, 7) is 3.55. The number of benzene rings is 1. The number of phenols is 1. The van der Waals surface area contributed by atoms with Crippen LogP contribution in [0.15, 0.2) is 23.2 Å². The first-order valence-electron chi connectivity index (χ1n) is 4.61. The van der Waals surface area contributed by atoms with Crippen molar-refractivity contribution in [1.29, 1.82) is 0 Å². The number of nitrogens with one attached hydrogen (secondary N) is 2. The van der Waals surface area contributed by atoms with Gasteiger partial charge in [0.15, 0.2) is 5.96 Å². The molecule has 0 radical (unpaired) electrons. The molecule has 0 unspecified atom stereocenters. The highest BCUT2D eigenvalue weighted by atomic mass is 16.3. The molecule has 0 amide bonds. The smallest absolute Gasteiger partial charge is 0.195 e. The molecule has 4 nitrogen and oxygen atoms in total. The number of aromatic hydroxyl groups is 1. The molecular weight excluding hydrogens is 178 g/mol. The van der Waals surface area contributed by atoms with Crippen molar-refractivity contribution in [2.45, 2.75) is 6.92 Å². The Morgan fingerprint density at radius 1 is 1.50 bits per heavy atom. The molecule has 1 aromatic rings. The molecule has 0 aliphatic carbocycles. The van der Waals surface area contributed by atoms with Gasteiger partial charge in [0.1, 0.15) is 5.75 Å². The minimum Gasteiger partial charge on any atom is -0.508 e. The third kappa shape index (κ3) is 1.79. The molecule has 0 spiro atoms. The number of hydrogen-bond acceptors (Lipinski definition) is 4. The van der Waals surface area contributed by atoms with Crippen molar-refractivity contribution in [3.05, 3.63) is 23.8 Å². The number of rotatable bonds is 1.